The maximum atomic E-state index is 5.96. The number of thioether (sulfide) groups is 1. The SMILES string of the molecule is CCC1CCN(Cc2ccc(SC)cc2)C(CN)C1. The monoisotopic (exact) mass is 278 g/mol. The zero-order chi connectivity index (χ0) is 13.7. The van der Waals surface area contributed by atoms with E-state index in [0.29, 0.717) is 6.04 Å². The number of hydrogen-bond acceptors (Lipinski definition) is 3. The van der Waals surface area contributed by atoms with Crippen molar-refractivity contribution >= 4 is 11.8 Å². The highest BCUT2D eigenvalue weighted by molar-refractivity contribution is 7.98. The molecule has 2 nitrogen and oxygen atoms in total. The maximum Gasteiger partial charge on any atom is 0.0237 e. The highest BCUT2D eigenvalue weighted by Gasteiger charge is 2.26. The number of rotatable bonds is 5. The van der Waals surface area contributed by atoms with E-state index >= 15 is 0 Å². The van der Waals surface area contributed by atoms with E-state index in [4.69, 9.17) is 5.73 Å². The summed E-state index contributed by atoms with van der Waals surface area (Å²) in [5, 5.41) is 0. The molecule has 19 heavy (non-hydrogen) atoms. The molecule has 0 spiro atoms. The molecule has 2 unspecified atom stereocenters. The van der Waals surface area contributed by atoms with Crippen molar-refractivity contribution in [1.29, 1.82) is 0 Å². The van der Waals surface area contributed by atoms with Crippen LogP contribution in [0.2, 0.25) is 0 Å². The Hall–Kier alpha value is -0.510. The maximum absolute atomic E-state index is 5.96. The van der Waals surface area contributed by atoms with Crippen LogP contribution in [0.3, 0.4) is 0 Å². The first-order chi connectivity index (χ1) is 9.26. The Balaban J connectivity index is 1.96. The summed E-state index contributed by atoms with van der Waals surface area (Å²) in [6.45, 7) is 5.34. The van der Waals surface area contributed by atoms with Crippen LogP contribution in [0.1, 0.15) is 31.7 Å². The van der Waals surface area contributed by atoms with Gasteiger partial charge in [0, 0.05) is 24.0 Å². The average Bonchev–Trinajstić information content (AvgIpc) is 2.48. The molecule has 0 bridgehead atoms. The molecule has 1 fully saturated rings. The lowest BCUT2D eigenvalue weighted by molar-refractivity contribution is 0.107. The quantitative estimate of drug-likeness (QED) is 0.838. The molecule has 2 N–H and O–H groups in total. The fraction of sp³-hybridized carbons (Fsp3) is 0.625. The highest BCUT2D eigenvalue weighted by atomic mass is 32.2. The number of nitrogens with zero attached hydrogens (tertiary/aromatic N) is 1. The molecule has 2 rings (SSSR count). The lowest BCUT2D eigenvalue weighted by Gasteiger charge is -2.38. The molecular formula is C16H26N2S. The first-order valence-electron chi connectivity index (χ1n) is 7.33. The van der Waals surface area contributed by atoms with Crippen LogP contribution in [0.5, 0.6) is 0 Å². The van der Waals surface area contributed by atoms with Gasteiger partial charge in [0.05, 0.1) is 0 Å². The molecule has 106 valence electrons. The second-order valence-electron chi connectivity index (χ2n) is 5.51. The van der Waals surface area contributed by atoms with Gasteiger partial charge in [0.1, 0.15) is 0 Å². The normalized spacial score (nSPS) is 24.6. The average molecular weight is 278 g/mol. The molecule has 0 amide bonds. The number of nitrogens with two attached hydrogens (primary N) is 1. The molecule has 1 heterocycles. The third-order valence-corrected chi connectivity index (χ3v) is 5.08. The summed E-state index contributed by atoms with van der Waals surface area (Å²) in [6, 6.07) is 9.52. The second kappa shape index (κ2) is 7.32. The van der Waals surface area contributed by atoms with E-state index in [1.165, 1.54) is 36.3 Å². The van der Waals surface area contributed by atoms with Gasteiger partial charge < -0.3 is 5.73 Å². The van der Waals surface area contributed by atoms with Gasteiger partial charge in [-0.05, 0) is 49.3 Å². The summed E-state index contributed by atoms with van der Waals surface area (Å²) in [5.74, 6) is 0.878. The fourth-order valence-corrected chi connectivity index (χ4v) is 3.38. The molecule has 3 heteroatoms. The van der Waals surface area contributed by atoms with Gasteiger partial charge in [0.25, 0.3) is 0 Å². The molecule has 1 aliphatic rings. The predicted octanol–water partition coefficient (Wildman–Crippen LogP) is 3.36. The minimum atomic E-state index is 0.568. The number of piperidine rings is 1. The van der Waals surface area contributed by atoms with E-state index in [2.05, 4.69) is 42.3 Å². The largest absolute Gasteiger partial charge is 0.329 e. The fourth-order valence-electron chi connectivity index (χ4n) is 2.97. The van der Waals surface area contributed by atoms with Crippen molar-refractivity contribution < 1.29 is 0 Å². The zero-order valence-corrected chi connectivity index (χ0v) is 13.0. The molecule has 0 radical (unpaired) electrons. The lowest BCUT2D eigenvalue weighted by atomic mass is 9.88. The number of hydrogen-bond donors (Lipinski definition) is 1. The molecule has 0 aliphatic carbocycles. The van der Waals surface area contributed by atoms with E-state index in [0.717, 1.165) is 19.0 Å². The summed E-state index contributed by atoms with van der Waals surface area (Å²) < 4.78 is 0. The van der Waals surface area contributed by atoms with Crippen LogP contribution in [0.25, 0.3) is 0 Å². The van der Waals surface area contributed by atoms with Crippen LogP contribution in [0, 0.1) is 5.92 Å². The van der Waals surface area contributed by atoms with E-state index in [1.54, 1.807) is 11.8 Å². The Morgan fingerprint density at radius 3 is 2.63 bits per heavy atom. The van der Waals surface area contributed by atoms with Gasteiger partial charge >= 0.3 is 0 Å². The molecule has 2 atom stereocenters. The van der Waals surface area contributed by atoms with Crippen LogP contribution in [0.4, 0.5) is 0 Å². The Labute approximate surface area is 121 Å². The second-order valence-corrected chi connectivity index (χ2v) is 6.39. The predicted molar refractivity (Wildman–Crippen MR) is 84.5 cm³/mol. The van der Waals surface area contributed by atoms with Crippen molar-refractivity contribution in [3.8, 4) is 0 Å². The van der Waals surface area contributed by atoms with Gasteiger partial charge in [0.2, 0.25) is 0 Å². The molecule has 0 saturated carbocycles. The van der Waals surface area contributed by atoms with Crippen molar-refractivity contribution in [1.82, 2.24) is 4.90 Å². The number of benzene rings is 1. The summed E-state index contributed by atoms with van der Waals surface area (Å²) in [7, 11) is 0. The third kappa shape index (κ3) is 3.98. The lowest BCUT2D eigenvalue weighted by Crippen LogP contribution is -2.45. The first kappa shape index (κ1) is 14.9. The standard InChI is InChI=1S/C16H26N2S/c1-3-13-8-9-18(15(10-13)11-17)12-14-4-6-16(19-2)7-5-14/h4-7,13,15H,3,8-12,17H2,1-2H3. The highest BCUT2D eigenvalue weighted by Crippen LogP contribution is 2.26. The Morgan fingerprint density at radius 2 is 2.05 bits per heavy atom. The van der Waals surface area contributed by atoms with Crippen LogP contribution in [-0.4, -0.2) is 30.3 Å². The minimum Gasteiger partial charge on any atom is -0.329 e. The van der Waals surface area contributed by atoms with E-state index < -0.39 is 0 Å². The van der Waals surface area contributed by atoms with Crippen molar-refractivity contribution in [2.75, 3.05) is 19.3 Å². The summed E-state index contributed by atoms with van der Waals surface area (Å²) >= 11 is 1.80. The zero-order valence-electron chi connectivity index (χ0n) is 12.1. The Morgan fingerprint density at radius 1 is 1.32 bits per heavy atom. The van der Waals surface area contributed by atoms with E-state index in [9.17, 15) is 0 Å². The molecule has 1 aromatic rings. The van der Waals surface area contributed by atoms with Crippen LogP contribution >= 0.6 is 11.8 Å². The van der Waals surface area contributed by atoms with E-state index in [-0.39, 0.29) is 0 Å². The Kier molecular flexibility index (Phi) is 5.74. The van der Waals surface area contributed by atoms with Gasteiger partial charge in [-0.15, -0.1) is 11.8 Å². The summed E-state index contributed by atoms with van der Waals surface area (Å²) in [6.07, 6.45) is 6.02. The van der Waals surface area contributed by atoms with Crippen molar-refractivity contribution in [3.63, 3.8) is 0 Å². The molecule has 1 aliphatic heterocycles. The first-order valence-corrected chi connectivity index (χ1v) is 8.56. The summed E-state index contributed by atoms with van der Waals surface area (Å²) in [5.41, 5.74) is 7.37. The molecule has 1 saturated heterocycles. The van der Waals surface area contributed by atoms with Crippen molar-refractivity contribution in [2.24, 2.45) is 11.7 Å². The van der Waals surface area contributed by atoms with Gasteiger partial charge in [-0.1, -0.05) is 25.5 Å². The molecule has 0 aromatic heterocycles. The Bertz CT molecular complexity index is 377. The third-order valence-electron chi connectivity index (χ3n) is 4.34. The van der Waals surface area contributed by atoms with Crippen molar-refractivity contribution in [2.45, 2.75) is 43.7 Å². The van der Waals surface area contributed by atoms with Gasteiger partial charge in [-0.2, -0.15) is 0 Å². The summed E-state index contributed by atoms with van der Waals surface area (Å²) in [4.78, 5) is 3.91. The molecule has 1 aromatic carbocycles. The topological polar surface area (TPSA) is 29.3 Å². The van der Waals surface area contributed by atoms with Crippen LogP contribution in [-0.2, 0) is 6.54 Å². The van der Waals surface area contributed by atoms with Gasteiger partial charge in [-0.25, -0.2) is 0 Å². The van der Waals surface area contributed by atoms with Crippen LogP contribution < -0.4 is 5.73 Å². The molecular weight excluding hydrogens is 252 g/mol. The smallest absolute Gasteiger partial charge is 0.0237 e. The van der Waals surface area contributed by atoms with E-state index in [1.807, 2.05) is 0 Å². The minimum absolute atomic E-state index is 0.568. The van der Waals surface area contributed by atoms with Crippen LogP contribution in [0.15, 0.2) is 29.2 Å². The van der Waals surface area contributed by atoms with Gasteiger partial charge in [-0.3, -0.25) is 4.90 Å². The van der Waals surface area contributed by atoms with Crippen molar-refractivity contribution in [3.05, 3.63) is 29.8 Å². The number of likely N-dealkylation sites (tertiary alicyclic amines) is 1. The van der Waals surface area contributed by atoms with Gasteiger partial charge in [0.15, 0.2) is 0 Å².